The summed E-state index contributed by atoms with van der Waals surface area (Å²) in [7, 11) is 1.61. The van der Waals surface area contributed by atoms with E-state index in [0.717, 1.165) is 16.9 Å². The summed E-state index contributed by atoms with van der Waals surface area (Å²) in [5.74, 6) is 0.842. The number of nitrogens with zero attached hydrogens (tertiary/aromatic N) is 1. The van der Waals surface area contributed by atoms with Crippen LogP contribution in [0, 0.1) is 0 Å². The molecular weight excluding hydrogens is 468 g/mol. The van der Waals surface area contributed by atoms with Crippen molar-refractivity contribution in [1.29, 1.82) is 0 Å². The highest BCUT2D eigenvalue weighted by Crippen LogP contribution is 2.18. The van der Waals surface area contributed by atoms with E-state index in [0.29, 0.717) is 38.3 Å². The fourth-order valence-corrected chi connectivity index (χ4v) is 3.87. The topological polar surface area (TPSA) is 77.1 Å². The van der Waals surface area contributed by atoms with Gasteiger partial charge in [-0.2, -0.15) is 0 Å². The van der Waals surface area contributed by atoms with Crippen LogP contribution >= 0.6 is 0 Å². The van der Waals surface area contributed by atoms with Crippen molar-refractivity contribution in [2.75, 3.05) is 33.5 Å². The molecule has 3 rings (SSSR count). The van der Waals surface area contributed by atoms with E-state index in [4.69, 9.17) is 14.2 Å². The molecule has 0 unspecified atom stereocenters. The van der Waals surface area contributed by atoms with Gasteiger partial charge in [-0.3, -0.25) is 9.59 Å². The van der Waals surface area contributed by atoms with E-state index in [1.807, 2.05) is 79.7 Å². The predicted molar refractivity (Wildman–Crippen MR) is 144 cm³/mol. The van der Waals surface area contributed by atoms with Crippen LogP contribution in [0.2, 0.25) is 0 Å². The van der Waals surface area contributed by atoms with Crippen LogP contribution in [-0.2, 0) is 27.3 Å². The number of ether oxygens (including phenoxy) is 3. The molecule has 0 radical (unpaired) electrons. The van der Waals surface area contributed by atoms with Crippen molar-refractivity contribution in [2.45, 2.75) is 32.4 Å². The highest BCUT2D eigenvalue weighted by atomic mass is 16.5. The third-order valence-corrected chi connectivity index (χ3v) is 5.86. The smallest absolute Gasteiger partial charge is 0.261 e. The summed E-state index contributed by atoms with van der Waals surface area (Å²) in [6.45, 7) is 3.69. The number of benzene rings is 3. The first-order valence-electron chi connectivity index (χ1n) is 12.6. The molecule has 0 bridgehead atoms. The molecule has 0 aliphatic rings. The highest BCUT2D eigenvalue weighted by molar-refractivity contribution is 5.88. The van der Waals surface area contributed by atoms with Crippen molar-refractivity contribution in [3.05, 3.63) is 96.1 Å². The van der Waals surface area contributed by atoms with Crippen molar-refractivity contribution >= 4 is 11.8 Å². The minimum Gasteiger partial charge on any atom is -0.497 e. The van der Waals surface area contributed by atoms with E-state index in [9.17, 15) is 9.59 Å². The molecule has 0 spiro atoms. The fourth-order valence-electron chi connectivity index (χ4n) is 3.87. The average Bonchev–Trinajstić information content (AvgIpc) is 2.94. The number of carbonyl (C=O) groups is 2. The third kappa shape index (κ3) is 9.28. The van der Waals surface area contributed by atoms with Crippen LogP contribution in [0.3, 0.4) is 0 Å². The second-order valence-electron chi connectivity index (χ2n) is 8.52. The molecule has 1 N–H and O–H groups in total. The van der Waals surface area contributed by atoms with Gasteiger partial charge in [0.2, 0.25) is 5.91 Å². The number of methoxy groups -OCH3 is 1. The predicted octanol–water partition coefficient (Wildman–Crippen LogP) is 4.26. The second-order valence-corrected chi connectivity index (χ2v) is 8.52. The first-order valence-corrected chi connectivity index (χ1v) is 12.6. The lowest BCUT2D eigenvalue weighted by molar-refractivity contribution is -0.142. The first-order chi connectivity index (χ1) is 18.1. The third-order valence-electron chi connectivity index (χ3n) is 5.86. The quantitative estimate of drug-likeness (QED) is 0.313. The molecular formula is C30H36N2O5. The summed E-state index contributed by atoms with van der Waals surface area (Å²) in [5.41, 5.74) is 1.85. The number of rotatable bonds is 15. The molecule has 0 heterocycles. The molecule has 1 atom stereocenters. The van der Waals surface area contributed by atoms with E-state index in [-0.39, 0.29) is 25.0 Å². The Labute approximate surface area is 219 Å². The Bertz CT molecular complexity index is 1070. The highest BCUT2D eigenvalue weighted by Gasteiger charge is 2.30. The van der Waals surface area contributed by atoms with E-state index in [1.165, 1.54) is 0 Å². The van der Waals surface area contributed by atoms with Gasteiger partial charge in [0.25, 0.3) is 5.91 Å². The van der Waals surface area contributed by atoms with Gasteiger partial charge in [-0.25, -0.2) is 0 Å². The first kappa shape index (κ1) is 27.7. The number of para-hydroxylation sites is 1. The van der Waals surface area contributed by atoms with Gasteiger partial charge >= 0.3 is 0 Å². The molecule has 3 aromatic carbocycles. The lowest BCUT2D eigenvalue weighted by Crippen LogP contribution is -2.51. The van der Waals surface area contributed by atoms with Gasteiger partial charge < -0.3 is 24.4 Å². The van der Waals surface area contributed by atoms with Crippen LogP contribution in [-0.4, -0.2) is 56.2 Å². The largest absolute Gasteiger partial charge is 0.497 e. The van der Waals surface area contributed by atoms with Gasteiger partial charge in [0.05, 0.1) is 7.11 Å². The Hall–Kier alpha value is -3.84. The van der Waals surface area contributed by atoms with Crippen LogP contribution in [0.1, 0.15) is 24.5 Å². The maximum Gasteiger partial charge on any atom is 0.261 e. The molecule has 0 aliphatic heterocycles. The lowest BCUT2D eigenvalue weighted by atomic mass is 10.0. The maximum absolute atomic E-state index is 13.6. The molecule has 0 fully saturated rings. The standard InChI is InChI=1S/C30H36N2O5/c1-3-36-20-10-19-31-30(34)28(21-24-11-6-4-7-12-24)32(22-25-15-17-26(35-2)18-16-25)29(33)23-37-27-13-8-5-9-14-27/h4-9,11-18,28H,3,10,19-23H2,1-2H3,(H,31,34)/t28-/m1/s1. The Balaban J connectivity index is 1.84. The van der Waals surface area contributed by atoms with E-state index < -0.39 is 6.04 Å². The second kappa shape index (κ2) is 15.3. The zero-order valence-corrected chi connectivity index (χ0v) is 21.6. The molecule has 0 aliphatic carbocycles. The van der Waals surface area contributed by atoms with E-state index in [1.54, 1.807) is 24.1 Å². The number of nitrogens with one attached hydrogen (secondary N) is 1. The zero-order valence-electron chi connectivity index (χ0n) is 21.6. The van der Waals surface area contributed by atoms with Gasteiger partial charge in [-0.15, -0.1) is 0 Å². The lowest BCUT2D eigenvalue weighted by Gasteiger charge is -2.31. The maximum atomic E-state index is 13.6. The molecule has 37 heavy (non-hydrogen) atoms. The van der Waals surface area contributed by atoms with Crippen molar-refractivity contribution in [3.8, 4) is 11.5 Å². The summed E-state index contributed by atoms with van der Waals surface area (Å²) >= 11 is 0. The van der Waals surface area contributed by atoms with Crippen molar-refractivity contribution in [1.82, 2.24) is 10.2 Å². The van der Waals surface area contributed by atoms with Crippen LogP contribution in [0.25, 0.3) is 0 Å². The summed E-state index contributed by atoms with van der Waals surface area (Å²) in [6, 6.07) is 25.7. The SMILES string of the molecule is CCOCCCNC(=O)[C@@H](Cc1ccccc1)N(Cc1ccc(OC)cc1)C(=O)COc1ccccc1. The number of hydrogen-bond donors (Lipinski definition) is 1. The van der Waals surface area contributed by atoms with Crippen LogP contribution in [0.5, 0.6) is 11.5 Å². The molecule has 2 amide bonds. The Kier molecular flexibility index (Phi) is 11.5. The molecule has 7 heteroatoms. The molecule has 196 valence electrons. The summed E-state index contributed by atoms with van der Waals surface area (Å²) in [6.07, 6.45) is 1.08. The summed E-state index contributed by atoms with van der Waals surface area (Å²) in [5, 5.41) is 3.00. The van der Waals surface area contributed by atoms with Crippen LogP contribution < -0.4 is 14.8 Å². The number of hydrogen-bond acceptors (Lipinski definition) is 5. The Morgan fingerprint density at radius 3 is 2.19 bits per heavy atom. The Morgan fingerprint density at radius 2 is 1.54 bits per heavy atom. The summed E-state index contributed by atoms with van der Waals surface area (Å²) in [4.78, 5) is 28.7. The van der Waals surface area contributed by atoms with Crippen LogP contribution in [0.15, 0.2) is 84.9 Å². The number of amides is 2. The Morgan fingerprint density at radius 1 is 0.865 bits per heavy atom. The molecule has 7 nitrogen and oxygen atoms in total. The molecule has 3 aromatic rings. The van der Waals surface area contributed by atoms with Crippen molar-refractivity contribution in [3.63, 3.8) is 0 Å². The minimum atomic E-state index is -0.719. The fraction of sp³-hybridized carbons (Fsp3) is 0.333. The van der Waals surface area contributed by atoms with E-state index >= 15 is 0 Å². The zero-order chi connectivity index (χ0) is 26.3. The number of carbonyl (C=O) groups excluding carboxylic acids is 2. The van der Waals surface area contributed by atoms with Crippen molar-refractivity contribution < 1.29 is 23.8 Å². The normalized spacial score (nSPS) is 11.4. The van der Waals surface area contributed by atoms with Gasteiger partial charge in [0, 0.05) is 32.7 Å². The minimum absolute atomic E-state index is 0.178. The molecule has 0 saturated carbocycles. The monoisotopic (exact) mass is 504 g/mol. The molecule has 0 aromatic heterocycles. The average molecular weight is 505 g/mol. The van der Waals surface area contributed by atoms with Gasteiger partial charge in [0.15, 0.2) is 6.61 Å². The van der Waals surface area contributed by atoms with Gasteiger partial charge in [0.1, 0.15) is 17.5 Å². The van der Waals surface area contributed by atoms with Gasteiger partial charge in [-0.05, 0) is 48.7 Å². The van der Waals surface area contributed by atoms with Crippen molar-refractivity contribution in [2.24, 2.45) is 0 Å². The van der Waals surface area contributed by atoms with E-state index in [2.05, 4.69) is 5.32 Å². The summed E-state index contributed by atoms with van der Waals surface area (Å²) < 4.78 is 16.4. The van der Waals surface area contributed by atoms with Gasteiger partial charge in [-0.1, -0.05) is 60.7 Å². The molecule has 0 saturated heterocycles. The van der Waals surface area contributed by atoms with Crippen LogP contribution in [0.4, 0.5) is 0 Å².